The maximum absolute atomic E-state index is 14.5. The summed E-state index contributed by atoms with van der Waals surface area (Å²) in [5.74, 6) is -0.474. The maximum Gasteiger partial charge on any atom is 0.254 e. The van der Waals surface area contributed by atoms with Crippen molar-refractivity contribution in [3.63, 3.8) is 0 Å². The summed E-state index contributed by atoms with van der Waals surface area (Å²) in [6.45, 7) is 3.75. The fourth-order valence-electron chi connectivity index (χ4n) is 4.83. The lowest BCUT2D eigenvalue weighted by molar-refractivity contribution is 0.0599. The second-order valence-electron chi connectivity index (χ2n) is 9.06. The predicted molar refractivity (Wildman–Crippen MR) is 129 cm³/mol. The molecule has 0 bridgehead atoms. The minimum Gasteiger partial charge on any atom is -0.489 e. The zero-order valence-corrected chi connectivity index (χ0v) is 19.6. The number of carbonyl (C=O) groups is 1. The molecule has 1 atom stereocenters. The van der Waals surface area contributed by atoms with E-state index in [1.54, 1.807) is 12.1 Å². The molecule has 2 aromatic carbocycles. The van der Waals surface area contributed by atoms with Crippen LogP contribution in [0, 0.1) is 5.82 Å². The van der Waals surface area contributed by atoms with Gasteiger partial charge < -0.3 is 14.5 Å². The molecular weight excluding hydrogens is 431 g/mol. The quantitative estimate of drug-likeness (QED) is 0.562. The van der Waals surface area contributed by atoms with Crippen LogP contribution in [-0.4, -0.2) is 79.0 Å². The smallest absolute Gasteiger partial charge is 0.254 e. The van der Waals surface area contributed by atoms with Crippen LogP contribution in [0.5, 0.6) is 5.75 Å². The van der Waals surface area contributed by atoms with Gasteiger partial charge in [0.1, 0.15) is 6.61 Å². The van der Waals surface area contributed by atoms with E-state index in [-0.39, 0.29) is 17.7 Å². The lowest BCUT2D eigenvalue weighted by Gasteiger charge is -2.38. The zero-order chi connectivity index (χ0) is 23.7. The van der Waals surface area contributed by atoms with Gasteiger partial charge in [-0.25, -0.2) is 4.39 Å². The van der Waals surface area contributed by atoms with E-state index in [9.17, 15) is 9.18 Å². The number of likely N-dealkylation sites (N-methyl/N-ethyl adjacent to an activating group) is 1. The van der Waals surface area contributed by atoms with E-state index in [1.165, 1.54) is 22.8 Å². The number of carbonyl (C=O) groups excluding carboxylic acids is 1. The van der Waals surface area contributed by atoms with Crippen molar-refractivity contribution < 1.29 is 13.9 Å². The first kappa shape index (κ1) is 22.5. The number of ether oxygens (including phenoxy) is 1. The lowest BCUT2D eigenvalue weighted by atomic mass is 10.0. The maximum atomic E-state index is 14.5. The number of halogens is 1. The van der Waals surface area contributed by atoms with Gasteiger partial charge in [0.25, 0.3) is 5.91 Å². The van der Waals surface area contributed by atoms with Crippen LogP contribution in [0.3, 0.4) is 0 Å². The van der Waals surface area contributed by atoms with Gasteiger partial charge in [0, 0.05) is 55.6 Å². The normalized spacial score (nSPS) is 17.5. The molecule has 176 valence electrons. The van der Waals surface area contributed by atoms with Gasteiger partial charge in [0.2, 0.25) is 0 Å². The van der Waals surface area contributed by atoms with Crippen LogP contribution in [0.2, 0.25) is 0 Å². The van der Waals surface area contributed by atoms with Gasteiger partial charge in [-0.3, -0.25) is 14.7 Å². The number of hydrogen-bond acceptors (Lipinski definition) is 5. The van der Waals surface area contributed by atoms with Crippen molar-refractivity contribution in [1.29, 1.82) is 0 Å². The number of rotatable bonds is 6. The van der Waals surface area contributed by atoms with Gasteiger partial charge in [0.15, 0.2) is 11.6 Å². The molecule has 1 aliphatic heterocycles. The van der Waals surface area contributed by atoms with Gasteiger partial charge in [-0.05, 0) is 43.9 Å². The fraction of sp³-hybridized carbons (Fsp3) is 0.333. The highest BCUT2D eigenvalue weighted by Gasteiger charge is 2.35. The van der Waals surface area contributed by atoms with Crippen LogP contribution >= 0.6 is 0 Å². The molecule has 6 nitrogen and oxygen atoms in total. The monoisotopic (exact) mass is 460 g/mol. The second kappa shape index (κ2) is 9.52. The Labute approximate surface area is 199 Å². The molecule has 1 saturated heterocycles. The Hall–Kier alpha value is -3.29. The third-order valence-electron chi connectivity index (χ3n) is 6.59. The predicted octanol–water partition coefficient (Wildman–Crippen LogP) is 3.69. The van der Waals surface area contributed by atoms with Crippen LogP contribution in [-0.2, 0) is 0 Å². The minimum absolute atomic E-state index is 0.146. The minimum atomic E-state index is -0.505. The largest absolute Gasteiger partial charge is 0.489 e. The average molecular weight is 461 g/mol. The molecule has 0 N–H and O–H groups in total. The molecular formula is C27H29FN4O2. The number of amides is 1. The number of piperazine rings is 1. The summed E-state index contributed by atoms with van der Waals surface area (Å²) in [5.41, 5.74) is 5.07. The molecule has 0 radical (unpaired) electrons. The standard InChI is InChI=1S/C27H29FN4O2/c1-30(2)16-17-34-24-10-9-19(18-23(24)28)27(33)32-14-12-31(13-15-32)26-21-7-4-3-6-20(21)25-22(26)8-5-11-29-25/h3-11,18,26H,12-17H2,1-2H3. The van der Waals surface area contributed by atoms with E-state index in [4.69, 9.17) is 4.74 Å². The van der Waals surface area contributed by atoms with E-state index < -0.39 is 5.82 Å². The molecule has 1 amide bonds. The van der Waals surface area contributed by atoms with Gasteiger partial charge >= 0.3 is 0 Å². The number of fused-ring (bicyclic) bond motifs is 3. The second-order valence-corrected chi connectivity index (χ2v) is 9.06. The van der Waals surface area contributed by atoms with Crippen molar-refractivity contribution >= 4 is 5.91 Å². The van der Waals surface area contributed by atoms with Crippen LogP contribution in [0.1, 0.15) is 27.5 Å². The Balaban J connectivity index is 1.25. The van der Waals surface area contributed by atoms with Crippen molar-refractivity contribution in [1.82, 2.24) is 19.7 Å². The van der Waals surface area contributed by atoms with E-state index >= 15 is 0 Å². The molecule has 2 heterocycles. The Morgan fingerprint density at radius 2 is 1.82 bits per heavy atom. The SMILES string of the molecule is CN(C)CCOc1ccc(C(=O)N2CCN(C3c4ccccc4-c4ncccc43)CC2)cc1F. The first-order chi connectivity index (χ1) is 16.5. The molecule has 7 heteroatoms. The van der Waals surface area contributed by atoms with Gasteiger partial charge in [-0.2, -0.15) is 0 Å². The van der Waals surface area contributed by atoms with Gasteiger partial charge in [-0.1, -0.05) is 30.3 Å². The highest BCUT2D eigenvalue weighted by atomic mass is 19.1. The fourth-order valence-corrected chi connectivity index (χ4v) is 4.83. The molecule has 1 unspecified atom stereocenters. The molecule has 1 fully saturated rings. The first-order valence-electron chi connectivity index (χ1n) is 11.7. The lowest BCUT2D eigenvalue weighted by Crippen LogP contribution is -2.49. The highest BCUT2D eigenvalue weighted by molar-refractivity contribution is 5.94. The molecule has 5 rings (SSSR count). The van der Waals surface area contributed by atoms with E-state index in [1.807, 2.05) is 42.2 Å². The Morgan fingerprint density at radius 1 is 1.06 bits per heavy atom. The van der Waals surface area contributed by atoms with Crippen molar-refractivity contribution in [3.8, 4) is 17.0 Å². The Bertz CT molecular complexity index is 1150. The van der Waals surface area contributed by atoms with Crippen LogP contribution < -0.4 is 4.74 Å². The van der Waals surface area contributed by atoms with E-state index in [0.29, 0.717) is 31.8 Å². The van der Waals surface area contributed by atoms with Crippen LogP contribution in [0.25, 0.3) is 11.3 Å². The number of benzene rings is 2. The molecule has 0 saturated carbocycles. The zero-order valence-electron chi connectivity index (χ0n) is 19.6. The Morgan fingerprint density at radius 3 is 2.59 bits per heavy atom. The number of aromatic nitrogens is 1. The Kier molecular flexibility index (Phi) is 6.30. The highest BCUT2D eigenvalue weighted by Crippen LogP contribution is 2.45. The van der Waals surface area contributed by atoms with E-state index in [0.717, 1.165) is 18.8 Å². The molecule has 3 aromatic rings. The number of nitrogens with zero attached hydrogens (tertiary/aromatic N) is 4. The molecule has 0 spiro atoms. The van der Waals surface area contributed by atoms with Gasteiger partial charge in [0.05, 0.1) is 11.7 Å². The van der Waals surface area contributed by atoms with Crippen molar-refractivity contribution in [2.75, 3.05) is 53.4 Å². The third-order valence-corrected chi connectivity index (χ3v) is 6.59. The van der Waals surface area contributed by atoms with Crippen molar-refractivity contribution in [2.24, 2.45) is 0 Å². The molecule has 1 aliphatic carbocycles. The molecule has 1 aromatic heterocycles. The summed E-state index contributed by atoms with van der Waals surface area (Å²) in [7, 11) is 3.87. The summed E-state index contributed by atoms with van der Waals surface area (Å²) < 4.78 is 20.0. The first-order valence-corrected chi connectivity index (χ1v) is 11.7. The average Bonchev–Trinajstić information content (AvgIpc) is 3.19. The summed E-state index contributed by atoms with van der Waals surface area (Å²) >= 11 is 0. The van der Waals surface area contributed by atoms with Crippen molar-refractivity contribution in [2.45, 2.75) is 6.04 Å². The summed E-state index contributed by atoms with van der Waals surface area (Å²) in [4.78, 5) is 23.9. The third kappa shape index (κ3) is 4.29. The summed E-state index contributed by atoms with van der Waals surface area (Å²) in [5, 5.41) is 0. The van der Waals surface area contributed by atoms with Crippen molar-refractivity contribution in [3.05, 3.63) is 83.3 Å². The van der Waals surface area contributed by atoms with Crippen LogP contribution in [0.15, 0.2) is 60.8 Å². The van der Waals surface area contributed by atoms with Gasteiger partial charge in [-0.15, -0.1) is 0 Å². The number of pyridine rings is 1. The molecule has 2 aliphatic rings. The van der Waals surface area contributed by atoms with E-state index in [2.05, 4.69) is 34.1 Å². The number of hydrogen-bond donors (Lipinski definition) is 0. The summed E-state index contributed by atoms with van der Waals surface area (Å²) in [6, 6.07) is 17.2. The molecule has 34 heavy (non-hydrogen) atoms. The summed E-state index contributed by atoms with van der Waals surface area (Å²) in [6.07, 6.45) is 1.84. The topological polar surface area (TPSA) is 48.9 Å². The van der Waals surface area contributed by atoms with Crippen LogP contribution in [0.4, 0.5) is 4.39 Å².